The fraction of sp³-hybridized carbons (Fsp3) is 0.440. The summed E-state index contributed by atoms with van der Waals surface area (Å²) in [6.07, 6.45) is 5.16. The summed E-state index contributed by atoms with van der Waals surface area (Å²) in [5.41, 5.74) is 6.03. The minimum atomic E-state index is -0.330. The summed E-state index contributed by atoms with van der Waals surface area (Å²) in [5, 5.41) is 18.0. The molecule has 1 aromatic carbocycles. The van der Waals surface area contributed by atoms with Gasteiger partial charge in [0.1, 0.15) is 28.8 Å². The quantitative estimate of drug-likeness (QED) is 0.134. The number of anilines is 1. The number of hydrogen-bond acceptors (Lipinski definition) is 8. The lowest BCUT2D eigenvalue weighted by Crippen LogP contribution is -2.17. The van der Waals surface area contributed by atoms with Crippen LogP contribution in [-0.4, -0.2) is 44.9 Å². The molecular weight excluding hydrogens is 448 g/mol. The number of amides is 1. The van der Waals surface area contributed by atoms with E-state index in [1.165, 1.54) is 0 Å². The van der Waals surface area contributed by atoms with Crippen LogP contribution in [0.25, 0.3) is 33.1 Å². The maximum absolute atomic E-state index is 11.1. The molecule has 186 valence electrons. The molecule has 0 atom stereocenters. The number of nitrogens with zero attached hydrogens (tertiary/aromatic N) is 3. The first-order valence-electron chi connectivity index (χ1n) is 11.9. The van der Waals surface area contributed by atoms with Gasteiger partial charge in [0.25, 0.3) is 0 Å². The fourth-order valence-electron chi connectivity index (χ4n) is 4.50. The Hall–Kier alpha value is -3.66. The number of ether oxygens (including phenoxy) is 1. The van der Waals surface area contributed by atoms with Crippen molar-refractivity contribution < 1.29 is 19.3 Å². The Morgan fingerprint density at radius 3 is 2.60 bits per heavy atom. The number of hydrogen-bond donors (Lipinski definition) is 4. The second-order valence-corrected chi connectivity index (χ2v) is 8.74. The molecule has 3 heterocycles. The first kappa shape index (κ1) is 24.5. The van der Waals surface area contributed by atoms with Gasteiger partial charge in [-0.3, -0.25) is 10.0 Å². The normalized spacial score (nSPS) is 11.3. The highest BCUT2D eigenvalue weighted by molar-refractivity contribution is 6.12. The van der Waals surface area contributed by atoms with Crippen LogP contribution in [0.4, 0.5) is 5.82 Å². The first-order valence-corrected chi connectivity index (χ1v) is 11.9. The zero-order valence-corrected chi connectivity index (χ0v) is 20.6. The molecule has 0 radical (unpaired) electrons. The summed E-state index contributed by atoms with van der Waals surface area (Å²) in [5.74, 6) is 2.63. The van der Waals surface area contributed by atoms with Gasteiger partial charge in [-0.25, -0.2) is 15.4 Å². The van der Waals surface area contributed by atoms with E-state index >= 15 is 0 Å². The second kappa shape index (κ2) is 10.7. The fourth-order valence-corrected chi connectivity index (χ4v) is 4.50. The van der Waals surface area contributed by atoms with Crippen molar-refractivity contribution in [3.05, 3.63) is 29.4 Å². The predicted octanol–water partition coefficient (Wildman–Crippen LogP) is 4.96. The lowest BCUT2D eigenvalue weighted by molar-refractivity contribution is -0.129. The minimum absolute atomic E-state index is 0.330. The Bertz CT molecular complexity index is 1320. The van der Waals surface area contributed by atoms with Crippen LogP contribution < -0.4 is 15.5 Å². The van der Waals surface area contributed by atoms with Gasteiger partial charge < -0.3 is 19.6 Å². The molecule has 0 aliphatic carbocycles. The molecule has 0 saturated carbocycles. The Morgan fingerprint density at radius 2 is 1.89 bits per heavy atom. The summed E-state index contributed by atoms with van der Waals surface area (Å²) in [4.78, 5) is 23.8. The third-order valence-corrected chi connectivity index (χ3v) is 6.18. The molecule has 0 unspecified atom stereocenters. The Balaban J connectivity index is 1.54. The molecule has 0 bridgehead atoms. The van der Waals surface area contributed by atoms with Gasteiger partial charge in [-0.1, -0.05) is 24.4 Å². The third kappa shape index (κ3) is 5.22. The summed E-state index contributed by atoms with van der Waals surface area (Å²) in [7, 11) is 1.66. The van der Waals surface area contributed by atoms with Crippen molar-refractivity contribution in [3.8, 4) is 16.9 Å². The molecule has 35 heavy (non-hydrogen) atoms. The van der Waals surface area contributed by atoms with Crippen LogP contribution in [0.1, 0.15) is 55.8 Å². The van der Waals surface area contributed by atoms with Gasteiger partial charge in [0.2, 0.25) is 5.91 Å². The van der Waals surface area contributed by atoms with Gasteiger partial charge in [0.05, 0.1) is 23.8 Å². The topological polar surface area (TPSA) is 138 Å². The van der Waals surface area contributed by atoms with Crippen LogP contribution in [-0.2, 0) is 4.79 Å². The Kier molecular flexibility index (Phi) is 7.50. The smallest absolute Gasteiger partial charge is 0.243 e. The van der Waals surface area contributed by atoms with Gasteiger partial charge in [0.15, 0.2) is 0 Å². The standard InChI is InChI=1S/C25H32N6O4/c1-14-22(15(2)35-31-14)18-12-19-17(13-20(18)34-4)23-24(27-16(3)28-25(23)29-19)26-11-9-7-5-6-8-10-21(32)30-33/h12-13,33H,5-11H2,1-4H3,(H,30,32)(H2,26,27,28,29). The van der Waals surface area contributed by atoms with Crippen molar-refractivity contribution in [3.63, 3.8) is 0 Å². The monoisotopic (exact) mass is 480 g/mol. The average molecular weight is 481 g/mol. The molecule has 0 aliphatic rings. The molecule has 10 nitrogen and oxygen atoms in total. The van der Waals surface area contributed by atoms with E-state index in [9.17, 15) is 4.79 Å². The Labute approximate surface area is 203 Å². The molecule has 0 aliphatic heterocycles. The molecule has 4 rings (SSSR count). The molecule has 3 aromatic heterocycles. The van der Waals surface area contributed by atoms with Crippen LogP contribution in [0.5, 0.6) is 5.75 Å². The lowest BCUT2D eigenvalue weighted by Gasteiger charge is -2.10. The van der Waals surface area contributed by atoms with E-state index < -0.39 is 0 Å². The number of carbonyl (C=O) groups is 1. The third-order valence-electron chi connectivity index (χ3n) is 6.18. The maximum Gasteiger partial charge on any atom is 0.243 e. The molecule has 1 amide bonds. The molecule has 4 aromatic rings. The van der Waals surface area contributed by atoms with Gasteiger partial charge >= 0.3 is 0 Å². The van der Waals surface area contributed by atoms with Crippen LogP contribution in [0.3, 0.4) is 0 Å². The number of hydroxylamine groups is 1. The van der Waals surface area contributed by atoms with Crippen molar-refractivity contribution in [1.82, 2.24) is 25.6 Å². The number of unbranched alkanes of at least 4 members (excludes halogenated alkanes) is 4. The van der Waals surface area contributed by atoms with Crippen LogP contribution >= 0.6 is 0 Å². The Morgan fingerprint density at radius 1 is 1.11 bits per heavy atom. The number of aryl methyl sites for hydroxylation is 3. The summed E-state index contributed by atoms with van der Waals surface area (Å²) in [6.45, 7) is 6.48. The van der Waals surface area contributed by atoms with Crippen molar-refractivity contribution in [1.29, 1.82) is 0 Å². The number of fused-ring (bicyclic) bond motifs is 3. The molecule has 0 fully saturated rings. The number of aromatic amines is 1. The van der Waals surface area contributed by atoms with Crippen molar-refractivity contribution in [2.75, 3.05) is 19.0 Å². The zero-order valence-electron chi connectivity index (χ0n) is 20.6. The minimum Gasteiger partial charge on any atom is -0.496 e. The summed E-state index contributed by atoms with van der Waals surface area (Å²) in [6, 6.07) is 4.07. The number of H-pyrrole nitrogens is 1. The molecular formula is C25H32N6O4. The first-order chi connectivity index (χ1) is 16.9. The zero-order chi connectivity index (χ0) is 24.9. The van der Waals surface area contributed by atoms with Crippen LogP contribution in [0.15, 0.2) is 16.7 Å². The largest absolute Gasteiger partial charge is 0.496 e. The van der Waals surface area contributed by atoms with Crippen molar-refractivity contribution in [2.45, 2.75) is 59.3 Å². The average Bonchev–Trinajstić information content (AvgIpc) is 3.37. The van der Waals surface area contributed by atoms with E-state index in [0.29, 0.717) is 12.2 Å². The van der Waals surface area contributed by atoms with Crippen molar-refractivity contribution >= 4 is 33.7 Å². The summed E-state index contributed by atoms with van der Waals surface area (Å²) < 4.78 is 11.1. The number of rotatable bonds is 11. The van der Waals surface area contributed by atoms with E-state index in [0.717, 1.165) is 94.7 Å². The van der Waals surface area contributed by atoms with Gasteiger partial charge in [0, 0.05) is 29.4 Å². The number of benzene rings is 1. The van der Waals surface area contributed by atoms with Gasteiger partial charge in [-0.15, -0.1) is 0 Å². The lowest BCUT2D eigenvalue weighted by atomic mass is 10.0. The van der Waals surface area contributed by atoms with Gasteiger partial charge in [-0.05, 0) is 45.7 Å². The summed E-state index contributed by atoms with van der Waals surface area (Å²) >= 11 is 0. The maximum atomic E-state index is 11.1. The SMILES string of the molecule is COc1cc2c(cc1-c1c(C)noc1C)[nH]c1nc(C)nc(NCCCCCCCC(=O)NO)c12. The van der Waals surface area contributed by atoms with E-state index in [1.54, 1.807) is 12.6 Å². The van der Waals surface area contributed by atoms with Crippen LogP contribution in [0, 0.1) is 20.8 Å². The number of nitrogens with one attached hydrogen (secondary N) is 3. The van der Waals surface area contributed by atoms with E-state index in [2.05, 4.69) is 31.5 Å². The number of carbonyl (C=O) groups excluding carboxylic acids is 1. The molecule has 0 saturated heterocycles. The molecule has 4 N–H and O–H groups in total. The number of aromatic nitrogens is 4. The van der Waals surface area contributed by atoms with E-state index in [-0.39, 0.29) is 5.91 Å². The number of methoxy groups -OCH3 is 1. The highest BCUT2D eigenvalue weighted by atomic mass is 16.5. The van der Waals surface area contributed by atoms with Crippen molar-refractivity contribution in [2.24, 2.45) is 0 Å². The van der Waals surface area contributed by atoms with Crippen LogP contribution in [0.2, 0.25) is 0 Å². The van der Waals surface area contributed by atoms with E-state index in [4.69, 9.17) is 14.5 Å². The highest BCUT2D eigenvalue weighted by Gasteiger charge is 2.20. The van der Waals surface area contributed by atoms with Gasteiger partial charge in [-0.2, -0.15) is 0 Å². The molecule has 10 heteroatoms. The highest BCUT2D eigenvalue weighted by Crippen LogP contribution is 2.40. The van der Waals surface area contributed by atoms with E-state index in [1.807, 2.05) is 26.8 Å². The predicted molar refractivity (Wildman–Crippen MR) is 134 cm³/mol. The molecule has 0 spiro atoms. The second-order valence-electron chi connectivity index (χ2n) is 8.74.